The summed E-state index contributed by atoms with van der Waals surface area (Å²) < 4.78 is 6.41. The van der Waals surface area contributed by atoms with Crippen LogP contribution in [0.5, 0.6) is 0 Å². The Bertz CT molecular complexity index is 601. The quantitative estimate of drug-likeness (QED) is 0.791. The second-order valence-corrected chi connectivity index (χ2v) is 6.80. The van der Waals surface area contributed by atoms with Gasteiger partial charge in [0.05, 0.1) is 6.54 Å². The average molecular weight is 338 g/mol. The second-order valence-electron chi connectivity index (χ2n) is 5.99. The summed E-state index contributed by atoms with van der Waals surface area (Å²) in [5.41, 5.74) is -0.0827. The van der Waals surface area contributed by atoms with E-state index in [1.807, 2.05) is 32.2 Å². The Kier molecular flexibility index (Phi) is 4.18. The Balaban J connectivity index is 2.25. The van der Waals surface area contributed by atoms with Crippen molar-refractivity contribution in [3.05, 3.63) is 40.1 Å². The molecule has 0 amide bonds. The van der Waals surface area contributed by atoms with E-state index >= 15 is 0 Å². The van der Waals surface area contributed by atoms with Gasteiger partial charge in [0, 0.05) is 18.5 Å². The van der Waals surface area contributed by atoms with Gasteiger partial charge in [-0.3, -0.25) is 0 Å². The van der Waals surface area contributed by atoms with Crippen LogP contribution in [0, 0.1) is 6.92 Å². The smallest absolute Gasteiger partial charge is 0.137 e. The van der Waals surface area contributed by atoms with E-state index in [1.165, 1.54) is 0 Å². The van der Waals surface area contributed by atoms with Crippen LogP contribution in [0.1, 0.15) is 38.1 Å². The monoisotopic (exact) mass is 337 g/mol. The van der Waals surface area contributed by atoms with Gasteiger partial charge in [-0.05, 0) is 35.0 Å². The first-order chi connectivity index (χ1) is 9.25. The minimum atomic E-state index is -0.0827. The predicted octanol–water partition coefficient (Wildman–Crippen LogP) is 4.07. The molecule has 2 aromatic heterocycles. The highest BCUT2D eigenvalue weighted by molar-refractivity contribution is 9.10. The van der Waals surface area contributed by atoms with E-state index in [0.717, 1.165) is 27.8 Å². The fourth-order valence-electron chi connectivity index (χ4n) is 1.82. The lowest BCUT2D eigenvalue weighted by Crippen LogP contribution is -2.22. The van der Waals surface area contributed by atoms with E-state index < -0.39 is 0 Å². The van der Waals surface area contributed by atoms with Gasteiger partial charge >= 0.3 is 0 Å². The molecule has 4 nitrogen and oxygen atoms in total. The van der Waals surface area contributed by atoms with Crippen LogP contribution in [-0.4, -0.2) is 17.0 Å². The van der Waals surface area contributed by atoms with Gasteiger partial charge in [0.15, 0.2) is 0 Å². The van der Waals surface area contributed by atoms with Gasteiger partial charge in [0.1, 0.15) is 27.8 Å². The molecule has 0 aliphatic rings. The molecule has 5 heteroatoms. The van der Waals surface area contributed by atoms with Crippen LogP contribution in [0.4, 0.5) is 5.82 Å². The van der Waals surface area contributed by atoms with Crippen LogP contribution in [0.3, 0.4) is 0 Å². The maximum atomic E-state index is 5.61. The third-order valence-electron chi connectivity index (χ3n) is 2.93. The second kappa shape index (κ2) is 5.56. The van der Waals surface area contributed by atoms with Gasteiger partial charge in [0.2, 0.25) is 0 Å². The molecular formula is C15H20BrN3O. The van der Waals surface area contributed by atoms with Crippen molar-refractivity contribution in [2.75, 3.05) is 11.9 Å². The van der Waals surface area contributed by atoms with E-state index in [2.05, 4.69) is 51.6 Å². The number of aryl methyl sites for hydroxylation is 1. The molecule has 0 aromatic carbocycles. The zero-order valence-electron chi connectivity index (χ0n) is 12.6. The zero-order valence-corrected chi connectivity index (χ0v) is 14.2. The Morgan fingerprint density at radius 1 is 1.25 bits per heavy atom. The van der Waals surface area contributed by atoms with Crippen LogP contribution in [0.15, 0.2) is 27.2 Å². The molecular weight excluding hydrogens is 318 g/mol. The lowest BCUT2D eigenvalue weighted by atomic mass is 9.96. The summed E-state index contributed by atoms with van der Waals surface area (Å²) in [4.78, 5) is 11.2. The van der Waals surface area contributed by atoms with Crippen molar-refractivity contribution in [3.8, 4) is 0 Å². The Labute approximate surface area is 128 Å². The average Bonchev–Trinajstić information content (AvgIpc) is 2.72. The number of hydrogen-bond donors (Lipinski definition) is 0. The lowest BCUT2D eigenvalue weighted by Gasteiger charge is -2.21. The van der Waals surface area contributed by atoms with Crippen molar-refractivity contribution in [3.63, 3.8) is 0 Å². The molecule has 108 valence electrons. The van der Waals surface area contributed by atoms with Crippen molar-refractivity contribution in [1.82, 2.24) is 9.97 Å². The van der Waals surface area contributed by atoms with E-state index in [4.69, 9.17) is 4.42 Å². The summed E-state index contributed by atoms with van der Waals surface area (Å²) in [6, 6.07) is 5.89. The molecule has 0 bridgehead atoms. The highest BCUT2D eigenvalue weighted by Gasteiger charge is 2.20. The number of furan rings is 1. The SMILES string of the molecule is Cc1ccc(CN(C)c2cc(Br)nc(C(C)(C)C)n2)o1. The predicted molar refractivity (Wildman–Crippen MR) is 84.0 cm³/mol. The van der Waals surface area contributed by atoms with Crippen LogP contribution >= 0.6 is 15.9 Å². The molecule has 0 radical (unpaired) electrons. The molecule has 0 aliphatic heterocycles. The highest BCUT2D eigenvalue weighted by Crippen LogP contribution is 2.24. The molecule has 2 heterocycles. The first kappa shape index (κ1) is 15.0. The van der Waals surface area contributed by atoms with Crippen molar-refractivity contribution >= 4 is 21.7 Å². The molecule has 2 rings (SSSR count). The summed E-state index contributed by atoms with van der Waals surface area (Å²) in [5, 5.41) is 0. The first-order valence-electron chi connectivity index (χ1n) is 6.57. The van der Waals surface area contributed by atoms with Crippen LogP contribution in [0.2, 0.25) is 0 Å². The minimum absolute atomic E-state index is 0.0827. The summed E-state index contributed by atoms with van der Waals surface area (Å²) in [6.45, 7) is 8.95. The molecule has 0 spiro atoms. The third kappa shape index (κ3) is 3.60. The van der Waals surface area contributed by atoms with E-state index in [-0.39, 0.29) is 5.41 Å². The largest absolute Gasteiger partial charge is 0.464 e. The summed E-state index contributed by atoms with van der Waals surface area (Å²) >= 11 is 3.46. The zero-order chi connectivity index (χ0) is 14.9. The maximum Gasteiger partial charge on any atom is 0.137 e. The third-order valence-corrected chi connectivity index (χ3v) is 3.34. The van der Waals surface area contributed by atoms with E-state index in [9.17, 15) is 0 Å². The fourth-order valence-corrected chi connectivity index (χ4v) is 2.19. The van der Waals surface area contributed by atoms with Crippen LogP contribution in [-0.2, 0) is 12.0 Å². The summed E-state index contributed by atoms with van der Waals surface area (Å²) in [5.74, 6) is 3.56. The number of nitrogens with zero attached hydrogens (tertiary/aromatic N) is 3. The maximum absolute atomic E-state index is 5.61. The Morgan fingerprint density at radius 3 is 2.50 bits per heavy atom. The minimum Gasteiger partial charge on any atom is -0.464 e. The Morgan fingerprint density at radius 2 is 1.95 bits per heavy atom. The summed E-state index contributed by atoms with van der Waals surface area (Å²) in [6.07, 6.45) is 0. The molecule has 0 N–H and O–H groups in total. The van der Waals surface area contributed by atoms with Gasteiger partial charge < -0.3 is 9.32 Å². The standard InChI is InChI=1S/C15H20BrN3O/c1-10-6-7-11(20-10)9-19(5)13-8-12(16)17-14(18-13)15(2,3)4/h6-8H,9H2,1-5H3. The van der Waals surface area contributed by atoms with Crippen LogP contribution < -0.4 is 4.90 Å². The van der Waals surface area contributed by atoms with Gasteiger partial charge in [-0.25, -0.2) is 9.97 Å². The van der Waals surface area contributed by atoms with Crippen molar-refractivity contribution < 1.29 is 4.42 Å². The number of rotatable bonds is 3. The van der Waals surface area contributed by atoms with Gasteiger partial charge in [-0.15, -0.1) is 0 Å². The molecule has 0 saturated carbocycles. The number of anilines is 1. The molecule has 0 saturated heterocycles. The van der Waals surface area contributed by atoms with Crippen molar-refractivity contribution in [2.24, 2.45) is 0 Å². The van der Waals surface area contributed by atoms with E-state index in [1.54, 1.807) is 0 Å². The van der Waals surface area contributed by atoms with Gasteiger partial charge in [0.25, 0.3) is 0 Å². The first-order valence-corrected chi connectivity index (χ1v) is 7.36. The topological polar surface area (TPSA) is 42.2 Å². The van der Waals surface area contributed by atoms with Gasteiger partial charge in [-0.2, -0.15) is 0 Å². The van der Waals surface area contributed by atoms with Crippen LogP contribution in [0.25, 0.3) is 0 Å². The fraction of sp³-hybridized carbons (Fsp3) is 0.467. The Hall–Kier alpha value is -1.36. The normalized spacial score (nSPS) is 11.7. The number of halogens is 1. The molecule has 0 unspecified atom stereocenters. The van der Waals surface area contributed by atoms with Gasteiger partial charge in [-0.1, -0.05) is 20.8 Å². The van der Waals surface area contributed by atoms with Crippen molar-refractivity contribution in [1.29, 1.82) is 0 Å². The highest BCUT2D eigenvalue weighted by atomic mass is 79.9. The number of aromatic nitrogens is 2. The lowest BCUT2D eigenvalue weighted by molar-refractivity contribution is 0.480. The molecule has 20 heavy (non-hydrogen) atoms. The molecule has 0 aliphatic carbocycles. The molecule has 0 fully saturated rings. The van der Waals surface area contributed by atoms with Crippen molar-refractivity contribution in [2.45, 2.75) is 39.7 Å². The summed E-state index contributed by atoms with van der Waals surface area (Å²) in [7, 11) is 2.00. The number of hydrogen-bond acceptors (Lipinski definition) is 4. The van der Waals surface area contributed by atoms with E-state index in [0.29, 0.717) is 6.54 Å². The molecule has 2 aromatic rings. The molecule has 0 atom stereocenters.